The summed E-state index contributed by atoms with van der Waals surface area (Å²) in [5.74, 6) is 0.434. The molecule has 0 N–H and O–H groups in total. The summed E-state index contributed by atoms with van der Waals surface area (Å²) in [4.78, 5) is 11.3. The Balaban J connectivity index is 3.14. The van der Waals surface area contributed by atoms with Gasteiger partial charge >= 0.3 is 0 Å². The molecule has 0 aliphatic rings. The third-order valence-corrected chi connectivity index (χ3v) is 2.42. The highest BCUT2D eigenvalue weighted by Crippen LogP contribution is 2.08. The summed E-state index contributed by atoms with van der Waals surface area (Å²) >= 11 is 0. The van der Waals surface area contributed by atoms with Crippen molar-refractivity contribution in [1.29, 1.82) is 0 Å². The molecule has 0 fully saturated rings. The first-order valence-electron chi connectivity index (χ1n) is 5.93. The summed E-state index contributed by atoms with van der Waals surface area (Å²) in [5.41, 5.74) is 0. The third-order valence-electron chi connectivity index (χ3n) is 2.42. The first-order chi connectivity index (χ1) is 6.81. The Labute approximate surface area is 88.6 Å². The van der Waals surface area contributed by atoms with E-state index in [2.05, 4.69) is 13.5 Å². The molecule has 0 radical (unpaired) electrons. The molecular formula is C13H24O. The van der Waals surface area contributed by atoms with Crippen molar-refractivity contribution in [3.8, 4) is 0 Å². The fourth-order valence-corrected chi connectivity index (χ4v) is 1.49. The van der Waals surface area contributed by atoms with Crippen molar-refractivity contribution < 1.29 is 4.79 Å². The molecule has 0 aliphatic heterocycles. The molecule has 0 rings (SSSR count). The Hall–Kier alpha value is -0.590. The summed E-state index contributed by atoms with van der Waals surface area (Å²) in [5, 5.41) is 0. The van der Waals surface area contributed by atoms with E-state index in [9.17, 15) is 4.79 Å². The molecule has 82 valence electrons. The smallest absolute Gasteiger partial charge is 0.132 e. The first kappa shape index (κ1) is 13.4. The van der Waals surface area contributed by atoms with E-state index in [4.69, 9.17) is 0 Å². The van der Waals surface area contributed by atoms with Gasteiger partial charge in [0, 0.05) is 12.8 Å². The maximum absolute atomic E-state index is 11.3. The highest BCUT2D eigenvalue weighted by Gasteiger charge is 2.00. The number of carbonyl (C=O) groups is 1. The summed E-state index contributed by atoms with van der Waals surface area (Å²) < 4.78 is 0. The lowest BCUT2D eigenvalue weighted by Gasteiger charge is -2.00. The van der Waals surface area contributed by atoms with E-state index in [0.717, 1.165) is 32.1 Å². The van der Waals surface area contributed by atoms with Crippen LogP contribution in [-0.4, -0.2) is 5.78 Å². The van der Waals surface area contributed by atoms with Crippen LogP contribution in [0.4, 0.5) is 0 Å². The molecule has 1 heteroatoms. The van der Waals surface area contributed by atoms with Gasteiger partial charge in [0.25, 0.3) is 0 Å². The second kappa shape index (κ2) is 10.5. The summed E-state index contributed by atoms with van der Waals surface area (Å²) in [6.45, 7) is 5.85. The van der Waals surface area contributed by atoms with Gasteiger partial charge in [-0.2, -0.15) is 0 Å². The molecule has 0 atom stereocenters. The van der Waals surface area contributed by atoms with E-state index in [-0.39, 0.29) is 0 Å². The maximum Gasteiger partial charge on any atom is 0.132 e. The van der Waals surface area contributed by atoms with Crippen LogP contribution >= 0.6 is 0 Å². The minimum absolute atomic E-state index is 0.434. The molecule has 0 aliphatic carbocycles. The maximum atomic E-state index is 11.3. The first-order valence-corrected chi connectivity index (χ1v) is 5.93. The Morgan fingerprint density at radius 3 is 2.36 bits per heavy atom. The van der Waals surface area contributed by atoms with Gasteiger partial charge in [0.05, 0.1) is 0 Å². The van der Waals surface area contributed by atoms with Gasteiger partial charge in [-0.1, -0.05) is 38.7 Å². The molecule has 0 aromatic carbocycles. The van der Waals surface area contributed by atoms with Crippen LogP contribution in [0, 0.1) is 0 Å². The van der Waals surface area contributed by atoms with E-state index >= 15 is 0 Å². The Bertz CT molecular complexity index is 149. The van der Waals surface area contributed by atoms with Crippen LogP contribution in [0.1, 0.15) is 64.7 Å². The lowest BCUT2D eigenvalue weighted by atomic mass is 10.1. The molecule has 0 unspecified atom stereocenters. The van der Waals surface area contributed by atoms with Crippen LogP contribution in [0.5, 0.6) is 0 Å². The van der Waals surface area contributed by atoms with E-state index in [1.807, 2.05) is 6.08 Å². The number of rotatable bonds is 10. The number of allylic oxidation sites excluding steroid dienone is 1. The van der Waals surface area contributed by atoms with Crippen LogP contribution in [0.25, 0.3) is 0 Å². The third kappa shape index (κ3) is 9.50. The summed E-state index contributed by atoms with van der Waals surface area (Å²) in [6, 6.07) is 0. The molecule has 14 heavy (non-hydrogen) atoms. The summed E-state index contributed by atoms with van der Waals surface area (Å²) in [6.07, 6.45) is 11.6. The second-order valence-electron chi connectivity index (χ2n) is 3.88. The molecular weight excluding hydrogens is 172 g/mol. The number of unbranched alkanes of at least 4 members (excludes halogenated alkanes) is 5. The monoisotopic (exact) mass is 196 g/mol. The van der Waals surface area contributed by atoms with Gasteiger partial charge in [0.15, 0.2) is 0 Å². The summed E-state index contributed by atoms with van der Waals surface area (Å²) in [7, 11) is 0. The number of Topliss-reactive ketones (excluding diaryl/α,β-unsaturated/α-hetero) is 1. The van der Waals surface area contributed by atoms with E-state index < -0.39 is 0 Å². The molecule has 0 aromatic heterocycles. The minimum atomic E-state index is 0.434. The van der Waals surface area contributed by atoms with Gasteiger partial charge in [0.2, 0.25) is 0 Å². The normalized spacial score (nSPS) is 10.1. The fourth-order valence-electron chi connectivity index (χ4n) is 1.49. The zero-order chi connectivity index (χ0) is 10.6. The number of ketones is 1. The Kier molecular flexibility index (Phi) is 10.0. The zero-order valence-electron chi connectivity index (χ0n) is 9.56. The Morgan fingerprint density at radius 2 is 1.71 bits per heavy atom. The molecule has 1 nitrogen and oxygen atoms in total. The number of carbonyl (C=O) groups excluding carboxylic acids is 1. The number of hydrogen-bond donors (Lipinski definition) is 0. The van der Waals surface area contributed by atoms with Crippen molar-refractivity contribution in [1.82, 2.24) is 0 Å². The van der Waals surface area contributed by atoms with E-state index in [1.165, 1.54) is 25.7 Å². The lowest BCUT2D eigenvalue weighted by Crippen LogP contribution is -1.97. The largest absolute Gasteiger partial charge is 0.300 e. The predicted molar refractivity (Wildman–Crippen MR) is 62.4 cm³/mol. The Morgan fingerprint density at radius 1 is 1.07 bits per heavy atom. The van der Waals surface area contributed by atoms with Crippen molar-refractivity contribution in [3.63, 3.8) is 0 Å². The standard InChI is InChI=1S/C13H24O/c1-3-5-7-8-10-12-13(14)11-9-6-4-2/h4H,2-3,5-12H2,1H3. The lowest BCUT2D eigenvalue weighted by molar-refractivity contribution is -0.119. The second-order valence-corrected chi connectivity index (χ2v) is 3.88. The van der Waals surface area contributed by atoms with Crippen LogP contribution in [0.15, 0.2) is 12.7 Å². The molecule has 0 aromatic rings. The topological polar surface area (TPSA) is 17.1 Å². The van der Waals surface area contributed by atoms with Gasteiger partial charge in [-0.3, -0.25) is 4.79 Å². The molecule has 0 bridgehead atoms. The zero-order valence-corrected chi connectivity index (χ0v) is 9.56. The van der Waals surface area contributed by atoms with Crippen LogP contribution in [-0.2, 0) is 4.79 Å². The van der Waals surface area contributed by atoms with Gasteiger partial charge in [-0.05, 0) is 19.3 Å². The van der Waals surface area contributed by atoms with Gasteiger partial charge in [-0.25, -0.2) is 0 Å². The average molecular weight is 196 g/mol. The molecule has 0 amide bonds. The minimum Gasteiger partial charge on any atom is -0.300 e. The van der Waals surface area contributed by atoms with Crippen molar-refractivity contribution in [2.24, 2.45) is 0 Å². The molecule has 0 heterocycles. The van der Waals surface area contributed by atoms with Crippen molar-refractivity contribution >= 4 is 5.78 Å². The van der Waals surface area contributed by atoms with E-state index in [0.29, 0.717) is 5.78 Å². The van der Waals surface area contributed by atoms with Crippen molar-refractivity contribution in [2.45, 2.75) is 64.7 Å². The van der Waals surface area contributed by atoms with Crippen molar-refractivity contribution in [2.75, 3.05) is 0 Å². The van der Waals surface area contributed by atoms with Gasteiger partial charge in [0.1, 0.15) is 5.78 Å². The van der Waals surface area contributed by atoms with Crippen LogP contribution in [0.2, 0.25) is 0 Å². The SMILES string of the molecule is C=CCCCC(=O)CCCCCCC. The highest BCUT2D eigenvalue weighted by molar-refractivity contribution is 5.78. The van der Waals surface area contributed by atoms with E-state index in [1.54, 1.807) is 0 Å². The highest BCUT2D eigenvalue weighted by atomic mass is 16.1. The molecule has 0 spiro atoms. The van der Waals surface area contributed by atoms with Crippen molar-refractivity contribution in [3.05, 3.63) is 12.7 Å². The van der Waals surface area contributed by atoms with Crippen LogP contribution in [0.3, 0.4) is 0 Å². The van der Waals surface area contributed by atoms with Gasteiger partial charge < -0.3 is 0 Å². The average Bonchev–Trinajstić information content (AvgIpc) is 2.18. The van der Waals surface area contributed by atoms with Crippen LogP contribution < -0.4 is 0 Å². The number of hydrogen-bond acceptors (Lipinski definition) is 1. The molecule has 0 saturated carbocycles. The van der Waals surface area contributed by atoms with Gasteiger partial charge in [-0.15, -0.1) is 6.58 Å². The molecule has 0 saturated heterocycles. The quantitative estimate of drug-likeness (QED) is 0.376. The fraction of sp³-hybridized carbons (Fsp3) is 0.769. The predicted octanol–water partition coefficient (Wildman–Crippen LogP) is 4.27.